The normalized spacial score (nSPS) is 17.6. The van der Waals surface area contributed by atoms with Crippen molar-refractivity contribution in [3.63, 3.8) is 0 Å². The van der Waals surface area contributed by atoms with Crippen LogP contribution in [0, 0.1) is 5.92 Å². The smallest absolute Gasteiger partial charge is 0.219 e. The first-order chi connectivity index (χ1) is 11.3. The summed E-state index contributed by atoms with van der Waals surface area (Å²) >= 11 is 0. The molecule has 0 bridgehead atoms. The molecular weight excluding hydrogens is 290 g/mol. The van der Waals surface area contributed by atoms with E-state index in [0.717, 1.165) is 43.2 Å². The zero-order valence-corrected chi connectivity index (χ0v) is 14.0. The van der Waals surface area contributed by atoms with Gasteiger partial charge in [0.05, 0.1) is 0 Å². The van der Waals surface area contributed by atoms with Crippen LogP contribution in [0.15, 0.2) is 18.2 Å². The summed E-state index contributed by atoms with van der Waals surface area (Å²) in [5.41, 5.74) is 1.32. The first kappa shape index (κ1) is 16.2. The van der Waals surface area contributed by atoms with Gasteiger partial charge in [0.25, 0.3) is 0 Å². The summed E-state index contributed by atoms with van der Waals surface area (Å²) in [7, 11) is 0. The highest BCUT2D eigenvalue weighted by atomic mass is 16.6. The third-order valence-electron chi connectivity index (χ3n) is 4.72. The highest BCUT2D eigenvalue weighted by Crippen LogP contribution is 2.46. The number of unbranched alkanes of at least 4 members (excludes halogenated alkanes) is 1. The number of hydrogen-bond acceptors (Lipinski definition) is 3. The molecule has 0 aromatic heterocycles. The van der Waals surface area contributed by atoms with E-state index >= 15 is 0 Å². The highest BCUT2D eigenvalue weighted by Gasteiger charge is 2.32. The molecule has 126 valence electrons. The molecule has 3 rings (SSSR count). The van der Waals surface area contributed by atoms with Gasteiger partial charge in [0, 0.05) is 13.0 Å². The van der Waals surface area contributed by atoms with Gasteiger partial charge in [0.2, 0.25) is 5.91 Å². The van der Waals surface area contributed by atoms with Crippen molar-refractivity contribution in [2.75, 3.05) is 19.8 Å². The maximum atomic E-state index is 11.7. The molecule has 1 heterocycles. The second-order valence-corrected chi connectivity index (χ2v) is 6.59. The minimum Gasteiger partial charge on any atom is -0.486 e. The maximum absolute atomic E-state index is 11.7. The first-order valence-electron chi connectivity index (χ1n) is 8.94. The van der Waals surface area contributed by atoms with Gasteiger partial charge < -0.3 is 14.8 Å². The first-order valence-corrected chi connectivity index (χ1v) is 8.94. The Balaban J connectivity index is 1.57. The van der Waals surface area contributed by atoms with Crippen LogP contribution >= 0.6 is 0 Å². The number of amides is 1. The van der Waals surface area contributed by atoms with Crippen LogP contribution in [-0.2, 0) is 4.79 Å². The number of rotatable bonds is 8. The van der Waals surface area contributed by atoms with Crippen LogP contribution in [0.25, 0.3) is 0 Å². The van der Waals surface area contributed by atoms with Gasteiger partial charge in [-0.15, -0.1) is 0 Å². The summed E-state index contributed by atoms with van der Waals surface area (Å²) in [5.74, 6) is 3.17. The van der Waals surface area contributed by atoms with Crippen molar-refractivity contribution in [1.29, 1.82) is 0 Å². The maximum Gasteiger partial charge on any atom is 0.219 e. The molecule has 1 fully saturated rings. The van der Waals surface area contributed by atoms with Crippen LogP contribution in [-0.4, -0.2) is 25.7 Å². The molecule has 1 atom stereocenters. The van der Waals surface area contributed by atoms with E-state index in [1.54, 1.807) is 0 Å². The SMILES string of the molecule is CCCCC(=O)NCCC(c1ccc2c(c1)OCCO2)C1CC1. The quantitative estimate of drug-likeness (QED) is 0.796. The number of benzene rings is 1. The lowest BCUT2D eigenvalue weighted by Gasteiger charge is -2.22. The average Bonchev–Trinajstić information content (AvgIpc) is 3.41. The van der Waals surface area contributed by atoms with Crippen molar-refractivity contribution < 1.29 is 14.3 Å². The van der Waals surface area contributed by atoms with E-state index in [-0.39, 0.29) is 5.91 Å². The van der Waals surface area contributed by atoms with Crippen molar-refractivity contribution in [3.05, 3.63) is 23.8 Å². The molecule has 4 nitrogen and oxygen atoms in total. The fourth-order valence-electron chi connectivity index (χ4n) is 3.26. The Morgan fingerprint density at radius 1 is 1.26 bits per heavy atom. The summed E-state index contributed by atoms with van der Waals surface area (Å²) in [5, 5.41) is 3.07. The van der Waals surface area contributed by atoms with Gasteiger partial charge in [-0.3, -0.25) is 4.79 Å². The monoisotopic (exact) mass is 317 g/mol. The van der Waals surface area contributed by atoms with E-state index in [1.165, 1.54) is 18.4 Å². The Morgan fingerprint density at radius 2 is 2.04 bits per heavy atom. The van der Waals surface area contributed by atoms with Gasteiger partial charge in [-0.2, -0.15) is 0 Å². The third kappa shape index (κ3) is 4.40. The van der Waals surface area contributed by atoms with Gasteiger partial charge in [-0.1, -0.05) is 19.4 Å². The molecule has 2 aliphatic rings. The molecule has 1 aliphatic heterocycles. The number of carbonyl (C=O) groups is 1. The molecule has 1 aromatic carbocycles. The summed E-state index contributed by atoms with van der Waals surface area (Å²) in [6.45, 7) is 4.12. The zero-order chi connectivity index (χ0) is 16.1. The molecule has 1 unspecified atom stereocenters. The predicted octanol–water partition coefficient (Wildman–Crippen LogP) is 3.65. The van der Waals surface area contributed by atoms with Crippen LogP contribution in [0.5, 0.6) is 11.5 Å². The van der Waals surface area contributed by atoms with Gasteiger partial charge in [0.1, 0.15) is 13.2 Å². The lowest BCUT2D eigenvalue weighted by atomic mass is 9.90. The lowest BCUT2D eigenvalue weighted by Crippen LogP contribution is -2.25. The molecule has 0 radical (unpaired) electrons. The standard InChI is InChI=1S/C19H27NO3/c1-2-3-4-19(21)20-10-9-16(14-5-6-14)15-7-8-17-18(13-15)23-12-11-22-17/h7-8,13-14,16H,2-6,9-12H2,1H3,(H,20,21). The van der Waals surface area contributed by atoms with Crippen LogP contribution < -0.4 is 14.8 Å². The van der Waals surface area contributed by atoms with E-state index in [1.807, 2.05) is 6.07 Å². The molecule has 4 heteroatoms. The fraction of sp³-hybridized carbons (Fsp3) is 0.632. The Bertz CT molecular complexity index is 539. The average molecular weight is 317 g/mol. The zero-order valence-electron chi connectivity index (χ0n) is 14.0. The van der Waals surface area contributed by atoms with Crippen molar-refractivity contribution in [2.24, 2.45) is 5.92 Å². The number of hydrogen-bond donors (Lipinski definition) is 1. The van der Waals surface area contributed by atoms with E-state index < -0.39 is 0 Å². The minimum atomic E-state index is 0.184. The Morgan fingerprint density at radius 3 is 2.78 bits per heavy atom. The molecule has 1 N–H and O–H groups in total. The van der Waals surface area contributed by atoms with E-state index in [2.05, 4.69) is 24.4 Å². The van der Waals surface area contributed by atoms with Crippen molar-refractivity contribution in [2.45, 2.75) is 51.4 Å². The van der Waals surface area contributed by atoms with Crippen molar-refractivity contribution in [1.82, 2.24) is 5.32 Å². The van der Waals surface area contributed by atoms with Crippen LogP contribution in [0.3, 0.4) is 0 Å². The molecule has 0 spiro atoms. The van der Waals surface area contributed by atoms with Crippen LogP contribution in [0.2, 0.25) is 0 Å². The molecule has 1 aliphatic carbocycles. The largest absolute Gasteiger partial charge is 0.486 e. The molecule has 1 amide bonds. The molecular formula is C19H27NO3. The lowest BCUT2D eigenvalue weighted by molar-refractivity contribution is -0.121. The summed E-state index contributed by atoms with van der Waals surface area (Å²) in [6, 6.07) is 6.32. The Kier molecular flexibility index (Phi) is 5.42. The Labute approximate surface area is 138 Å². The summed E-state index contributed by atoms with van der Waals surface area (Å²) in [4.78, 5) is 11.7. The van der Waals surface area contributed by atoms with Crippen molar-refractivity contribution >= 4 is 5.91 Å². The van der Waals surface area contributed by atoms with Gasteiger partial charge in [-0.05, 0) is 55.2 Å². The molecule has 1 aromatic rings. The number of carbonyl (C=O) groups excluding carboxylic acids is 1. The highest BCUT2D eigenvalue weighted by molar-refractivity contribution is 5.75. The van der Waals surface area contributed by atoms with Gasteiger partial charge >= 0.3 is 0 Å². The second kappa shape index (κ2) is 7.71. The second-order valence-electron chi connectivity index (χ2n) is 6.59. The predicted molar refractivity (Wildman–Crippen MR) is 90.0 cm³/mol. The van der Waals surface area contributed by atoms with Gasteiger partial charge in [0.15, 0.2) is 11.5 Å². The number of nitrogens with one attached hydrogen (secondary N) is 1. The van der Waals surface area contributed by atoms with Crippen LogP contribution in [0.1, 0.15) is 56.9 Å². The topological polar surface area (TPSA) is 47.6 Å². The minimum absolute atomic E-state index is 0.184. The van der Waals surface area contributed by atoms with E-state index in [0.29, 0.717) is 25.6 Å². The van der Waals surface area contributed by atoms with E-state index in [4.69, 9.17) is 9.47 Å². The molecule has 1 saturated carbocycles. The summed E-state index contributed by atoms with van der Waals surface area (Å²) in [6.07, 6.45) is 6.28. The molecule has 23 heavy (non-hydrogen) atoms. The third-order valence-corrected chi connectivity index (χ3v) is 4.72. The Hall–Kier alpha value is -1.71. The van der Waals surface area contributed by atoms with Crippen molar-refractivity contribution in [3.8, 4) is 11.5 Å². The van der Waals surface area contributed by atoms with Crippen LogP contribution in [0.4, 0.5) is 0 Å². The number of fused-ring (bicyclic) bond motifs is 1. The fourth-order valence-corrected chi connectivity index (χ4v) is 3.26. The summed E-state index contributed by atoms with van der Waals surface area (Å²) < 4.78 is 11.3. The number of ether oxygens (including phenoxy) is 2. The van der Waals surface area contributed by atoms with E-state index in [9.17, 15) is 4.79 Å². The van der Waals surface area contributed by atoms with Gasteiger partial charge in [-0.25, -0.2) is 0 Å². The molecule has 0 saturated heterocycles.